The third kappa shape index (κ3) is 2.85. The SMILES string of the molecule is COc1ccc(C(C#N)NSC2C(OC)[C@]3(C)CC[C@H]2C3(C)C)cc1. The van der Waals surface area contributed by atoms with E-state index < -0.39 is 0 Å². The molecule has 3 unspecified atom stereocenters. The van der Waals surface area contributed by atoms with E-state index in [1.165, 1.54) is 12.8 Å². The van der Waals surface area contributed by atoms with Gasteiger partial charge in [0.05, 0.1) is 19.3 Å². The molecular formula is C20H28N2O2S. The molecule has 1 N–H and O–H groups in total. The minimum atomic E-state index is -0.344. The molecule has 1 aromatic carbocycles. The summed E-state index contributed by atoms with van der Waals surface area (Å²) < 4.78 is 14.5. The molecule has 0 aliphatic heterocycles. The smallest absolute Gasteiger partial charge is 0.130 e. The average molecular weight is 361 g/mol. The van der Waals surface area contributed by atoms with Gasteiger partial charge in [-0.2, -0.15) is 5.26 Å². The molecule has 2 aliphatic rings. The van der Waals surface area contributed by atoms with Crippen molar-refractivity contribution < 1.29 is 9.47 Å². The van der Waals surface area contributed by atoms with E-state index in [1.807, 2.05) is 31.4 Å². The zero-order chi connectivity index (χ0) is 18.2. The summed E-state index contributed by atoms with van der Waals surface area (Å²) in [5.41, 5.74) is 1.42. The predicted octanol–water partition coefficient (Wildman–Crippen LogP) is 4.34. The number of fused-ring (bicyclic) bond motifs is 2. The lowest BCUT2D eigenvalue weighted by Gasteiger charge is -2.39. The molecule has 0 amide bonds. The maximum absolute atomic E-state index is 9.60. The largest absolute Gasteiger partial charge is 0.497 e. The summed E-state index contributed by atoms with van der Waals surface area (Å²) in [6.45, 7) is 7.12. The lowest BCUT2D eigenvalue weighted by atomic mass is 9.70. The van der Waals surface area contributed by atoms with Crippen LogP contribution < -0.4 is 9.46 Å². The van der Waals surface area contributed by atoms with Gasteiger partial charge >= 0.3 is 0 Å². The minimum Gasteiger partial charge on any atom is -0.497 e. The molecule has 2 fully saturated rings. The number of nitriles is 1. The molecule has 0 aromatic heterocycles. The fourth-order valence-electron chi connectivity index (χ4n) is 4.87. The summed E-state index contributed by atoms with van der Waals surface area (Å²) in [5.74, 6) is 1.41. The topological polar surface area (TPSA) is 54.3 Å². The first kappa shape index (κ1) is 18.6. The second-order valence-electron chi connectivity index (χ2n) is 7.98. The normalized spacial score (nSPS) is 33.8. The molecule has 136 valence electrons. The Balaban J connectivity index is 1.72. The Labute approximate surface area is 155 Å². The number of nitrogens with zero attached hydrogens (tertiary/aromatic N) is 1. The fourth-order valence-corrected chi connectivity index (χ4v) is 6.53. The van der Waals surface area contributed by atoms with Crippen LogP contribution in [0, 0.1) is 28.1 Å². The van der Waals surface area contributed by atoms with Crippen molar-refractivity contribution >= 4 is 11.9 Å². The molecule has 2 saturated carbocycles. The monoisotopic (exact) mass is 360 g/mol. The van der Waals surface area contributed by atoms with Crippen LogP contribution in [0.15, 0.2) is 24.3 Å². The molecule has 0 saturated heterocycles. The van der Waals surface area contributed by atoms with E-state index in [0.29, 0.717) is 11.2 Å². The zero-order valence-corrected chi connectivity index (χ0v) is 16.5. The van der Waals surface area contributed by atoms with Gasteiger partial charge in [0, 0.05) is 17.8 Å². The van der Waals surface area contributed by atoms with Crippen LogP contribution in [0.1, 0.15) is 45.2 Å². The second kappa shape index (κ2) is 6.83. The van der Waals surface area contributed by atoms with E-state index in [-0.39, 0.29) is 23.0 Å². The van der Waals surface area contributed by atoms with Gasteiger partial charge in [0.25, 0.3) is 0 Å². The highest BCUT2D eigenvalue weighted by Crippen LogP contribution is 2.68. The first-order valence-corrected chi connectivity index (χ1v) is 9.74. The van der Waals surface area contributed by atoms with E-state index in [2.05, 4.69) is 31.6 Å². The Morgan fingerprint density at radius 3 is 2.48 bits per heavy atom. The van der Waals surface area contributed by atoms with E-state index in [9.17, 15) is 5.26 Å². The number of ether oxygens (including phenoxy) is 2. The van der Waals surface area contributed by atoms with Crippen molar-refractivity contribution in [1.82, 2.24) is 4.72 Å². The molecule has 0 spiro atoms. The van der Waals surface area contributed by atoms with Crippen molar-refractivity contribution in [3.8, 4) is 11.8 Å². The Morgan fingerprint density at radius 1 is 1.24 bits per heavy atom. The number of nitrogens with one attached hydrogen (secondary N) is 1. The van der Waals surface area contributed by atoms with Gasteiger partial charge in [-0.3, -0.25) is 0 Å². The molecular weight excluding hydrogens is 332 g/mol. The van der Waals surface area contributed by atoms with Crippen molar-refractivity contribution in [1.29, 1.82) is 5.26 Å². The summed E-state index contributed by atoms with van der Waals surface area (Å²) in [6, 6.07) is 9.71. The maximum atomic E-state index is 9.60. The molecule has 2 bridgehead atoms. The van der Waals surface area contributed by atoms with Crippen molar-refractivity contribution in [2.75, 3.05) is 14.2 Å². The van der Waals surface area contributed by atoms with Crippen LogP contribution in [0.5, 0.6) is 5.75 Å². The minimum absolute atomic E-state index is 0.202. The van der Waals surface area contributed by atoms with E-state index >= 15 is 0 Å². The predicted molar refractivity (Wildman–Crippen MR) is 101 cm³/mol. The summed E-state index contributed by atoms with van der Waals surface area (Å²) in [5, 5.41) is 9.97. The third-order valence-electron chi connectivity index (χ3n) is 6.85. The lowest BCUT2D eigenvalue weighted by molar-refractivity contribution is -0.0177. The molecule has 5 heteroatoms. The quantitative estimate of drug-likeness (QED) is 0.765. The van der Waals surface area contributed by atoms with Crippen molar-refractivity contribution in [2.24, 2.45) is 16.7 Å². The number of benzene rings is 1. The summed E-state index contributed by atoms with van der Waals surface area (Å²) in [6.07, 6.45) is 2.68. The summed E-state index contributed by atoms with van der Waals surface area (Å²) in [7, 11) is 3.47. The first-order chi connectivity index (χ1) is 11.9. The van der Waals surface area contributed by atoms with Gasteiger partial charge in [-0.15, -0.1) is 0 Å². The molecule has 2 aliphatic carbocycles. The third-order valence-corrected chi connectivity index (χ3v) is 8.07. The van der Waals surface area contributed by atoms with Gasteiger partial charge in [-0.25, -0.2) is 4.72 Å². The van der Waals surface area contributed by atoms with Crippen LogP contribution in [0.2, 0.25) is 0 Å². The summed E-state index contributed by atoms with van der Waals surface area (Å²) >= 11 is 1.69. The van der Waals surface area contributed by atoms with Crippen molar-refractivity contribution in [3.63, 3.8) is 0 Å². The molecule has 4 nitrogen and oxygen atoms in total. The van der Waals surface area contributed by atoms with Gasteiger partial charge in [-0.05, 0) is 41.9 Å². The highest BCUT2D eigenvalue weighted by molar-refractivity contribution is 7.98. The molecule has 0 radical (unpaired) electrons. The van der Waals surface area contributed by atoms with Crippen LogP contribution >= 0.6 is 11.9 Å². The average Bonchev–Trinajstić information content (AvgIpc) is 2.94. The van der Waals surface area contributed by atoms with E-state index in [1.54, 1.807) is 19.1 Å². The van der Waals surface area contributed by atoms with Gasteiger partial charge in [0.2, 0.25) is 0 Å². The van der Waals surface area contributed by atoms with E-state index in [4.69, 9.17) is 9.47 Å². The van der Waals surface area contributed by atoms with Crippen LogP contribution in [0.25, 0.3) is 0 Å². The van der Waals surface area contributed by atoms with Crippen LogP contribution in [-0.2, 0) is 4.74 Å². The highest BCUT2D eigenvalue weighted by Gasteiger charge is 2.66. The van der Waals surface area contributed by atoms with Crippen LogP contribution in [0.4, 0.5) is 0 Å². The van der Waals surface area contributed by atoms with Crippen LogP contribution in [0.3, 0.4) is 0 Å². The fraction of sp³-hybridized carbons (Fsp3) is 0.650. The van der Waals surface area contributed by atoms with Crippen molar-refractivity contribution in [2.45, 2.75) is 51.0 Å². The molecule has 0 heterocycles. The first-order valence-electron chi connectivity index (χ1n) is 8.86. The molecule has 1 aromatic rings. The van der Waals surface area contributed by atoms with Crippen LogP contribution in [-0.4, -0.2) is 25.6 Å². The maximum Gasteiger partial charge on any atom is 0.130 e. The standard InChI is InChI=1S/C20H28N2O2S/c1-19(2)15-10-11-20(19,3)18(24-5)17(15)25-22-16(12-21)13-6-8-14(23-4)9-7-13/h6-9,15-18,22H,10-11H2,1-5H3/t15-,16?,17?,18?,20+/m1/s1. The second-order valence-corrected chi connectivity index (χ2v) is 8.99. The van der Waals surface area contributed by atoms with Gasteiger partial charge in [0.15, 0.2) is 0 Å². The number of methoxy groups -OCH3 is 2. The number of hydrogen-bond acceptors (Lipinski definition) is 5. The molecule has 25 heavy (non-hydrogen) atoms. The Morgan fingerprint density at radius 2 is 1.92 bits per heavy atom. The molecule has 5 atom stereocenters. The van der Waals surface area contributed by atoms with Crippen molar-refractivity contribution in [3.05, 3.63) is 29.8 Å². The number of hydrogen-bond donors (Lipinski definition) is 1. The zero-order valence-electron chi connectivity index (χ0n) is 15.7. The highest BCUT2D eigenvalue weighted by atomic mass is 32.2. The summed E-state index contributed by atoms with van der Waals surface area (Å²) in [4.78, 5) is 0. The van der Waals surface area contributed by atoms with E-state index in [0.717, 1.165) is 11.3 Å². The Bertz CT molecular complexity index is 655. The lowest BCUT2D eigenvalue weighted by Crippen LogP contribution is -2.41. The van der Waals surface area contributed by atoms with Gasteiger partial charge < -0.3 is 9.47 Å². The molecule has 3 rings (SSSR count). The number of rotatable bonds is 6. The Hall–Kier alpha value is -1.22. The van der Waals surface area contributed by atoms with Gasteiger partial charge in [0.1, 0.15) is 11.8 Å². The Kier molecular flexibility index (Phi) is 5.07. The van der Waals surface area contributed by atoms with Gasteiger partial charge in [-0.1, -0.05) is 44.9 Å².